The Morgan fingerprint density at radius 3 is 1.04 bits per heavy atom. The Labute approximate surface area is 158 Å². The minimum Gasteiger partial charge on any atom is -0.549 e. The standard InChI is InChI=1S/2C6H10O3.C4H10O.Ti/c2*1-3-5(4(2)7)6(8)9;1-4(2)3-5;/h2*5H,3H2,1-2H3,(H,8,9);4-5H,3H2,1-2H3;/q;;;+2/p-2. The third kappa shape index (κ3) is 19.0. The molecule has 0 aromatic rings. The topological polar surface area (TPSA) is 135 Å². The zero-order valence-corrected chi connectivity index (χ0v) is 16.8. The van der Waals surface area contributed by atoms with Crippen molar-refractivity contribution in [1.29, 1.82) is 0 Å². The van der Waals surface area contributed by atoms with E-state index in [-0.39, 0.29) is 33.3 Å². The summed E-state index contributed by atoms with van der Waals surface area (Å²) in [6.07, 6.45) is 0.634. The Balaban J connectivity index is -0.000000128. The summed E-state index contributed by atoms with van der Waals surface area (Å²) in [5, 5.41) is 28.2. The second kappa shape index (κ2) is 18.3. The molecule has 0 rings (SSSR count). The van der Waals surface area contributed by atoms with Crippen molar-refractivity contribution in [3.63, 3.8) is 0 Å². The molecule has 0 radical (unpaired) electrons. The maximum atomic E-state index is 10.4. The van der Waals surface area contributed by atoms with E-state index >= 15 is 0 Å². The molecule has 0 aromatic carbocycles. The van der Waals surface area contributed by atoms with Gasteiger partial charge >= 0.3 is 21.7 Å². The quantitative estimate of drug-likeness (QED) is 0.457. The van der Waals surface area contributed by atoms with Crippen molar-refractivity contribution in [2.75, 3.05) is 6.61 Å². The molecule has 0 saturated heterocycles. The van der Waals surface area contributed by atoms with Crippen molar-refractivity contribution in [3.8, 4) is 0 Å². The summed E-state index contributed by atoms with van der Waals surface area (Å²) in [5.74, 6) is -4.60. The molecule has 0 saturated carbocycles. The number of rotatable bonds is 7. The maximum absolute atomic E-state index is 10.4. The molecule has 0 fully saturated rings. The first-order valence-electron chi connectivity index (χ1n) is 7.49. The molecule has 8 heteroatoms. The van der Waals surface area contributed by atoms with Gasteiger partial charge in [-0.3, -0.25) is 9.59 Å². The average molecular weight is 380 g/mol. The van der Waals surface area contributed by atoms with Crippen LogP contribution in [0.5, 0.6) is 0 Å². The van der Waals surface area contributed by atoms with E-state index in [0.717, 1.165) is 0 Å². The van der Waals surface area contributed by atoms with Gasteiger partial charge in [-0.15, -0.1) is 0 Å². The van der Waals surface area contributed by atoms with E-state index in [1.54, 1.807) is 13.8 Å². The molecular weight excluding hydrogens is 352 g/mol. The molecule has 0 bridgehead atoms. The predicted octanol–water partition coefficient (Wildman–Crippen LogP) is -0.665. The zero-order chi connectivity index (χ0) is 19.2. The van der Waals surface area contributed by atoms with Gasteiger partial charge in [0.25, 0.3) is 0 Å². The number of aliphatic hydroxyl groups excluding tert-OH is 1. The van der Waals surface area contributed by atoms with Crippen LogP contribution < -0.4 is 10.2 Å². The summed E-state index contributed by atoms with van der Waals surface area (Å²) in [5.41, 5.74) is 0. The largest absolute Gasteiger partial charge is 2.00 e. The number of ketones is 2. The summed E-state index contributed by atoms with van der Waals surface area (Å²) in [6.45, 7) is 10.0. The summed E-state index contributed by atoms with van der Waals surface area (Å²) in [7, 11) is 0. The van der Waals surface area contributed by atoms with Gasteiger partial charge in [0.2, 0.25) is 0 Å². The second-order valence-corrected chi connectivity index (χ2v) is 5.36. The first-order chi connectivity index (χ1) is 10.5. The Morgan fingerprint density at radius 1 is 0.833 bits per heavy atom. The van der Waals surface area contributed by atoms with Crippen molar-refractivity contribution >= 4 is 23.5 Å². The zero-order valence-electron chi connectivity index (χ0n) is 15.3. The Hall–Kier alpha value is -1.05. The van der Waals surface area contributed by atoms with Crippen molar-refractivity contribution in [2.45, 2.75) is 54.4 Å². The molecule has 1 N–H and O–H groups in total. The van der Waals surface area contributed by atoms with Gasteiger partial charge in [-0.2, -0.15) is 0 Å². The minimum atomic E-state index is -1.27. The average Bonchev–Trinajstić information content (AvgIpc) is 2.39. The number of carboxylic acids is 2. The van der Waals surface area contributed by atoms with Gasteiger partial charge in [0.1, 0.15) is 11.6 Å². The van der Waals surface area contributed by atoms with Crippen LogP contribution >= 0.6 is 0 Å². The molecule has 0 heterocycles. The Bertz CT molecular complexity index is 321. The van der Waals surface area contributed by atoms with E-state index in [1.807, 2.05) is 13.8 Å². The molecule has 2 atom stereocenters. The van der Waals surface area contributed by atoms with Crippen molar-refractivity contribution in [1.82, 2.24) is 0 Å². The number of carbonyl (C=O) groups is 4. The van der Waals surface area contributed by atoms with E-state index in [1.165, 1.54) is 13.8 Å². The van der Waals surface area contributed by atoms with Crippen LogP contribution in [0.2, 0.25) is 0 Å². The van der Waals surface area contributed by atoms with E-state index in [4.69, 9.17) is 5.11 Å². The van der Waals surface area contributed by atoms with Gasteiger partial charge in [0.15, 0.2) is 0 Å². The molecule has 138 valence electrons. The van der Waals surface area contributed by atoms with E-state index in [9.17, 15) is 29.4 Å². The first kappa shape index (κ1) is 30.8. The molecule has 0 aliphatic heterocycles. The second-order valence-electron chi connectivity index (χ2n) is 5.36. The van der Waals surface area contributed by atoms with Gasteiger partial charge in [-0.05, 0) is 32.6 Å². The summed E-state index contributed by atoms with van der Waals surface area (Å²) in [6, 6.07) is 0. The summed E-state index contributed by atoms with van der Waals surface area (Å²) >= 11 is 0. The minimum absolute atomic E-state index is 0. The van der Waals surface area contributed by atoms with Gasteiger partial charge in [0, 0.05) is 6.61 Å². The molecule has 2 unspecified atom stereocenters. The summed E-state index contributed by atoms with van der Waals surface area (Å²) < 4.78 is 0. The molecule has 7 nitrogen and oxygen atoms in total. The monoisotopic (exact) mass is 380 g/mol. The van der Waals surface area contributed by atoms with Gasteiger partial charge in [-0.25, -0.2) is 0 Å². The first-order valence-corrected chi connectivity index (χ1v) is 7.49. The summed E-state index contributed by atoms with van der Waals surface area (Å²) in [4.78, 5) is 40.9. The molecule has 0 spiro atoms. The normalized spacial score (nSPS) is 11.5. The molecule has 0 aromatic heterocycles. The fourth-order valence-corrected chi connectivity index (χ4v) is 1.24. The molecule has 0 amide bonds. The van der Waals surface area contributed by atoms with Crippen LogP contribution in [0.3, 0.4) is 0 Å². The van der Waals surface area contributed by atoms with Crippen LogP contribution in [-0.4, -0.2) is 35.2 Å². The Morgan fingerprint density at radius 2 is 1.04 bits per heavy atom. The number of hydrogen-bond donors (Lipinski definition) is 1. The molecule has 0 aliphatic rings. The maximum Gasteiger partial charge on any atom is 2.00 e. The third-order valence-electron chi connectivity index (χ3n) is 2.73. The molecule has 24 heavy (non-hydrogen) atoms. The van der Waals surface area contributed by atoms with Crippen LogP contribution in [0.4, 0.5) is 0 Å². The van der Waals surface area contributed by atoms with Crippen molar-refractivity contribution in [3.05, 3.63) is 0 Å². The van der Waals surface area contributed by atoms with E-state index in [2.05, 4.69) is 0 Å². The van der Waals surface area contributed by atoms with Crippen LogP contribution in [0, 0.1) is 17.8 Å². The van der Waals surface area contributed by atoms with Crippen molar-refractivity contribution in [2.24, 2.45) is 17.8 Å². The van der Waals surface area contributed by atoms with E-state index in [0.29, 0.717) is 25.4 Å². The van der Waals surface area contributed by atoms with E-state index < -0.39 is 23.8 Å². The number of aliphatic hydroxyl groups is 1. The van der Waals surface area contributed by atoms with Crippen LogP contribution in [0.1, 0.15) is 54.4 Å². The number of carbonyl (C=O) groups excluding carboxylic acids is 4. The molecular formula is C16H28O7Ti. The number of carboxylic acid groups (broad SMARTS) is 2. The molecule has 0 aliphatic carbocycles. The fourth-order valence-electron chi connectivity index (χ4n) is 1.24. The van der Waals surface area contributed by atoms with Crippen LogP contribution in [0.25, 0.3) is 0 Å². The number of aliphatic carboxylic acids is 2. The van der Waals surface area contributed by atoms with Gasteiger partial charge < -0.3 is 24.9 Å². The smallest absolute Gasteiger partial charge is 0.549 e. The SMILES string of the molecule is CC(C)CO.CCC(C(C)=O)C(=O)[O-].CCC(C(C)=O)C(=O)[O-].[Ti+2]. The van der Waals surface area contributed by atoms with Crippen molar-refractivity contribution < 1.29 is 56.2 Å². The number of hydrogen-bond acceptors (Lipinski definition) is 7. The fraction of sp³-hybridized carbons (Fsp3) is 0.750. The van der Waals surface area contributed by atoms with Crippen LogP contribution in [0.15, 0.2) is 0 Å². The van der Waals surface area contributed by atoms with Gasteiger partial charge in [0.05, 0.1) is 23.8 Å². The van der Waals surface area contributed by atoms with Crippen LogP contribution in [-0.2, 0) is 40.9 Å². The third-order valence-corrected chi connectivity index (χ3v) is 2.73. The van der Waals surface area contributed by atoms with Gasteiger partial charge in [-0.1, -0.05) is 27.7 Å². The predicted molar refractivity (Wildman–Crippen MR) is 80.9 cm³/mol. The Kier molecular flexibility index (Phi) is 23.5. The number of Topliss-reactive ketones (excluding diaryl/α,β-unsaturated/α-hetero) is 2.